The molecule has 4 N–H and O–H groups in total. The topological polar surface area (TPSA) is 152 Å². The first-order chi connectivity index (χ1) is 18.3. The lowest BCUT2D eigenvalue weighted by Gasteiger charge is -2.24. The van der Waals surface area contributed by atoms with Gasteiger partial charge in [-0.05, 0) is 45.1 Å². The molecule has 0 bridgehead atoms. The SMILES string of the molecule is CCCCOC(=O)CNC(=O)C(CC(C)C)NC(=O)C(Cc1ccccc1)NC(=O)CNC(=O)OC(C)(C)C. The average molecular weight is 549 g/mol. The van der Waals surface area contributed by atoms with Gasteiger partial charge in [0.2, 0.25) is 17.7 Å². The van der Waals surface area contributed by atoms with Crippen molar-refractivity contribution < 1.29 is 33.4 Å². The molecule has 39 heavy (non-hydrogen) atoms. The van der Waals surface area contributed by atoms with E-state index in [4.69, 9.17) is 9.47 Å². The number of unbranched alkanes of at least 4 members (excludes halogenated alkanes) is 1. The van der Waals surface area contributed by atoms with Crippen LogP contribution in [0.5, 0.6) is 0 Å². The second-order valence-corrected chi connectivity index (χ2v) is 10.6. The van der Waals surface area contributed by atoms with Gasteiger partial charge in [0, 0.05) is 6.42 Å². The maximum atomic E-state index is 13.3. The smallest absolute Gasteiger partial charge is 0.408 e. The van der Waals surface area contributed by atoms with Crippen molar-refractivity contribution in [1.82, 2.24) is 21.3 Å². The molecule has 1 rings (SSSR count). The van der Waals surface area contributed by atoms with E-state index in [2.05, 4.69) is 21.3 Å². The fourth-order valence-corrected chi connectivity index (χ4v) is 3.41. The molecule has 11 heteroatoms. The first-order valence-electron chi connectivity index (χ1n) is 13.3. The molecule has 0 aromatic heterocycles. The Kier molecular flexibility index (Phi) is 14.6. The van der Waals surface area contributed by atoms with Crippen molar-refractivity contribution in [1.29, 1.82) is 0 Å². The summed E-state index contributed by atoms with van der Waals surface area (Å²) in [5, 5.41) is 10.2. The van der Waals surface area contributed by atoms with Crippen LogP contribution in [0.3, 0.4) is 0 Å². The third-order valence-electron chi connectivity index (χ3n) is 5.23. The first-order valence-corrected chi connectivity index (χ1v) is 13.3. The summed E-state index contributed by atoms with van der Waals surface area (Å²) in [7, 11) is 0. The summed E-state index contributed by atoms with van der Waals surface area (Å²) in [6.07, 6.45) is 1.32. The van der Waals surface area contributed by atoms with E-state index in [1.165, 1.54) is 0 Å². The summed E-state index contributed by atoms with van der Waals surface area (Å²) < 4.78 is 10.2. The number of carbonyl (C=O) groups excluding carboxylic acids is 5. The number of carbonyl (C=O) groups is 5. The van der Waals surface area contributed by atoms with Gasteiger partial charge in [0.1, 0.15) is 30.8 Å². The number of hydrogen-bond donors (Lipinski definition) is 4. The lowest BCUT2D eigenvalue weighted by atomic mass is 10.0. The van der Waals surface area contributed by atoms with Crippen molar-refractivity contribution >= 4 is 29.8 Å². The maximum absolute atomic E-state index is 13.3. The zero-order chi connectivity index (χ0) is 29.4. The van der Waals surface area contributed by atoms with Crippen molar-refractivity contribution in [3.63, 3.8) is 0 Å². The Labute approximate surface area is 231 Å². The molecule has 0 fully saturated rings. The van der Waals surface area contributed by atoms with E-state index >= 15 is 0 Å². The molecule has 0 aliphatic carbocycles. The van der Waals surface area contributed by atoms with Gasteiger partial charge in [-0.1, -0.05) is 57.5 Å². The van der Waals surface area contributed by atoms with Crippen molar-refractivity contribution in [2.75, 3.05) is 19.7 Å². The van der Waals surface area contributed by atoms with Gasteiger partial charge >= 0.3 is 12.1 Å². The molecule has 0 aliphatic heterocycles. The van der Waals surface area contributed by atoms with E-state index in [1.54, 1.807) is 20.8 Å². The highest BCUT2D eigenvalue weighted by atomic mass is 16.6. The van der Waals surface area contributed by atoms with Crippen LogP contribution in [0.2, 0.25) is 0 Å². The van der Waals surface area contributed by atoms with Crippen molar-refractivity contribution in [2.45, 2.75) is 84.9 Å². The molecule has 11 nitrogen and oxygen atoms in total. The number of esters is 1. The molecule has 2 atom stereocenters. The Morgan fingerprint density at radius 1 is 0.872 bits per heavy atom. The zero-order valence-corrected chi connectivity index (χ0v) is 23.9. The second kappa shape index (κ2) is 17.1. The van der Waals surface area contributed by atoms with Gasteiger partial charge in [0.15, 0.2) is 0 Å². The van der Waals surface area contributed by atoms with Crippen molar-refractivity contribution in [3.05, 3.63) is 35.9 Å². The number of hydrogen-bond acceptors (Lipinski definition) is 7. The Morgan fingerprint density at radius 3 is 2.13 bits per heavy atom. The number of rotatable bonds is 15. The molecular formula is C28H44N4O7. The van der Waals surface area contributed by atoms with Crippen LogP contribution in [-0.2, 0) is 35.1 Å². The zero-order valence-electron chi connectivity index (χ0n) is 23.9. The van der Waals surface area contributed by atoms with Gasteiger partial charge in [-0.25, -0.2) is 4.79 Å². The maximum Gasteiger partial charge on any atom is 0.408 e. The quantitative estimate of drug-likeness (QED) is 0.194. The molecule has 1 aromatic carbocycles. The van der Waals surface area contributed by atoms with Crippen LogP contribution in [0, 0.1) is 5.92 Å². The molecule has 1 aromatic rings. The molecule has 2 unspecified atom stereocenters. The van der Waals surface area contributed by atoms with E-state index in [0.717, 1.165) is 18.4 Å². The third-order valence-corrected chi connectivity index (χ3v) is 5.23. The van der Waals surface area contributed by atoms with Crippen LogP contribution in [0.4, 0.5) is 4.79 Å². The van der Waals surface area contributed by atoms with Gasteiger partial charge in [-0.2, -0.15) is 0 Å². The molecule has 0 heterocycles. The predicted molar refractivity (Wildman–Crippen MR) is 147 cm³/mol. The Morgan fingerprint density at radius 2 is 1.54 bits per heavy atom. The Bertz CT molecular complexity index is 945. The van der Waals surface area contributed by atoms with Crippen molar-refractivity contribution in [3.8, 4) is 0 Å². The van der Waals surface area contributed by atoms with Gasteiger partial charge < -0.3 is 30.7 Å². The van der Waals surface area contributed by atoms with Crippen LogP contribution in [-0.4, -0.2) is 67.2 Å². The Balaban J connectivity index is 2.89. The normalized spacial score (nSPS) is 12.6. The van der Waals surface area contributed by atoms with Gasteiger partial charge in [-0.15, -0.1) is 0 Å². The molecule has 0 spiro atoms. The van der Waals surface area contributed by atoms with E-state index in [-0.39, 0.29) is 25.5 Å². The average Bonchev–Trinajstić information content (AvgIpc) is 2.84. The summed E-state index contributed by atoms with van der Waals surface area (Å²) in [4.78, 5) is 62.6. The van der Waals surface area contributed by atoms with Gasteiger partial charge in [0.25, 0.3) is 0 Å². The minimum absolute atomic E-state index is 0.0535. The molecular weight excluding hydrogens is 504 g/mol. The lowest BCUT2D eigenvalue weighted by Crippen LogP contribution is -2.56. The summed E-state index contributed by atoms with van der Waals surface area (Å²) in [6.45, 7) is 10.4. The van der Waals surface area contributed by atoms with E-state index in [1.807, 2.05) is 51.1 Å². The number of amides is 4. The van der Waals surface area contributed by atoms with Crippen LogP contribution in [0.1, 0.15) is 66.4 Å². The standard InChI is InChI=1S/C28H44N4O7/c1-7-8-14-38-24(34)18-29-25(35)21(15-19(2)3)32-26(36)22(16-20-12-10-9-11-13-20)31-23(33)17-30-27(37)39-28(4,5)6/h9-13,19,21-22H,7-8,14-18H2,1-6H3,(H,29,35)(H,30,37)(H,31,33)(H,32,36). The molecule has 218 valence electrons. The number of benzene rings is 1. The number of alkyl carbamates (subject to hydrolysis) is 1. The summed E-state index contributed by atoms with van der Waals surface area (Å²) in [5.41, 5.74) is 0.0619. The van der Waals surface area contributed by atoms with Crippen LogP contribution in [0.15, 0.2) is 30.3 Å². The summed E-state index contributed by atoms with van der Waals surface area (Å²) in [6, 6.07) is 7.12. The van der Waals surface area contributed by atoms with E-state index < -0.39 is 54.0 Å². The van der Waals surface area contributed by atoms with E-state index in [9.17, 15) is 24.0 Å². The summed E-state index contributed by atoms with van der Waals surface area (Å²) >= 11 is 0. The first kappa shape index (κ1) is 33.4. The van der Waals surface area contributed by atoms with Crippen LogP contribution < -0.4 is 21.3 Å². The summed E-state index contributed by atoms with van der Waals surface area (Å²) in [5.74, 6) is -2.20. The fraction of sp³-hybridized carbons (Fsp3) is 0.607. The van der Waals surface area contributed by atoms with Gasteiger partial charge in [-0.3, -0.25) is 19.2 Å². The second-order valence-electron chi connectivity index (χ2n) is 10.6. The molecule has 0 aliphatic rings. The molecule has 0 saturated carbocycles. The molecule has 0 radical (unpaired) electrons. The third kappa shape index (κ3) is 15.4. The number of ether oxygens (including phenoxy) is 2. The highest BCUT2D eigenvalue weighted by Gasteiger charge is 2.28. The molecule has 4 amide bonds. The van der Waals surface area contributed by atoms with E-state index in [0.29, 0.717) is 6.42 Å². The lowest BCUT2D eigenvalue weighted by molar-refractivity contribution is -0.144. The fourth-order valence-electron chi connectivity index (χ4n) is 3.41. The molecule has 0 saturated heterocycles. The minimum atomic E-state index is -1.03. The highest BCUT2D eigenvalue weighted by Crippen LogP contribution is 2.09. The predicted octanol–water partition coefficient (Wildman–Crippen LogP) is 2.23. The number of nitrogens with one attached hydrogen (secondary N) is 4. The van der Waals surface area contributed by atoms with Crippen LogP contribution in [0.25, 0.3) is 0 Å². The highest BCUT2D eigenvalue weighted by molar-refractivity contribution is 5.93. The van der Waals surface area contributed by atoms with Gasteiger partial charge in [0.05, 0.1) is 6.61 Å². The monoisotopic (exact) mass is 548 g/mol. The minimum Gasteiger partial charge on any atom is -0.464 e. The van der Waals surface area contributed by atoms with Crippen molar-refractivity contribution in [2.24, 2.45) is 5.92 Å². The van der Waals surface area contributed by atoms with Crippen LogP contribution >= 0.6 is 0 Å². The largest absolute Gasteiger partial charge is 0.464 e. The Hall–Kier alpha value is -3.63.